The lowest BCUT2D eigenvalue weighted by molar-refractivity contribution is -0.321. The van der Waals surface area contributed by atoms with Gasteiger partial charge in [0.1, 0.15) is 61.5 Å². The number of rotatable bonds is 33. The van der Waals surface area contributed by atoms with Crippen LogP contribution in [0.5, 0.6) is 0 Å². The molecule has 19 heteroatoms. The molecule has 1 aliphatic heterocycles. The summed E-state index contributed by atoms with van der Waals surface area (Å²) in [6.07, 6.45) is 0.721. The van der Waals surface area contributed by atoms with E-state index in [1.807, 2.05) is 0 Å². The van der Waals surface area contributed by atoms with Gasteiger partial charge in [-0.1, -0.05) is 129 Å². The largest absolute Gasteiger partial charge is 0.756 e. The lowest BCUT2D eigenvalue weighted by Crippen LogP contribution is -2.68. The number of carbonyl (C=O) groups is 2. The van der Waals surface area contributed by atoms with Gasteiger partial charge in [0.2, 0.25) is 0 Å². The quantitative estimate of drug-likeness (QED) is 0.0267. The van der Waals surface area contributed by atoms with Gasteiger partial charge in [-0.15, -0.1) is 0 Å². The summed E-state index contributed by atoms with van der Waals surface area (Å²) < 4.78 is 45.1. The van der Waals surface area contributed by atoms with E-state index in [1.54, 1.807) is 0 Å². The van der Waals surface area contributed by atoms with Gasteiger partial charge in [-0.3, -0.25) is 14.2 Å². The van der Waals surface area contributed by atoms with Gasteiger partial charge in [0.15, 0.2) is 12.4 Å². The molecule has 0 radical (unpaired) electrons. The molecule has 0 aromatic rings. The molecule has 9 N–H and O–H groups in total. The fourth-order valence-corrected chi connectivity index (χ4v) is 8.28. The summed E-state index contributed by atoms with van der Waals surface area (Å²) in [4.78, 5) is 38.7. The van der Waals surface area contributed by atoms with E-state index >= 15 is 0 Å². The first-order chi connectivity index (χ1) is 28.7. The molecule has 354 valence electrons. The predicted molar refractivity (Wildman–Crippen MR) is 217 cm³/mol. The monoisotopic (exact) mass is 886 g/mol. The van der Waals surface area contributed by atoms with Crippen molar-refractivity contribution in [1.82, 2.24) is 0 Å². The van der Waals surface area contributed by atoms with Crippen LogP contribution in [0.15, 0.2) is 0 Å². The minimum atomic E-state index is -5.57. The molecular weight excluding hydrogens is 809 g/mol. The van der Waals surface area contributed by atoms with Crippen LogP contribution in [-0.2, 0) is 42.1 Å². The highest BCUT2D eigenvalue weighted by Gasteiger charge is 2.54. The second kappa shape index (κ2) is 30.7. The fourth-order valence-electron chi connectivity index (χ4n) is 7.33. The molecule has 0 spiro atoms. The molecule has 18 nitrogen and oxygen atoms in total. The zero-order valence-corrected chi connectivity index (χ0v) is 36.7. The number of unbranched alkanes of at least 4 members (excludes halogenated alkanes) is 18. The summed E-state index contributed by atoms with van der Waals surface area (Å²) in [7, 11) is -5.57. The Bertz CT molecular complexity index is 1200. The number of hydrogen-bond acceptors (Lipinski definition) is 18. The van der Waals surface area contributed by atoms with Crippen LogP contribution in [0.2, 0.25) is 0 Å². The van der Waals surface area contributed by atoms with Crippen LogP contribution in [0.4, 0.5) is 0 Å². The Hall–Kier alpha value is -1.35. The molecule has 1 saturated carbocycles. The predicted octanol–water partition coefficient (Wildman–Crippen LogP) is 2.54. The van der Waals surface area contributed by atoms with E-state index < -0.39 is 113 Å². The Balaban J connectivity index is 2.02. The Morgan fingerprint density at radius 1 is 0.633 bits per heavy atom. The molecule has 0 amide bonds. The van der Waals surface area contributed by atoms with Gasteiger partial charge in [0.05, 0.1) is 19.3 Å². The van der Waals surface area contributed by atoms with Gasteiger partial charge in [0, 0.05) is 12.8 Å². The third-order valence-electron chi connectivity index (χ3n) is 11.1. The van der Waals surface area contributed by atoms with Crippen LogP contribution in [0.1, 0.15) is 155 Å². The van der Waals surface area contributed by atoms with Crippen LogP contribution < -0.4 is 10.6 Å². The molecule has 1 heterocycles. The van der Waals surface area contributed by atoms with E-state index in [4.69, 9.17) is 33.7 Å². The van der Waals surface area contributed by atoms with Crippen molar-refractivity contribution in [2.45, 2.75) is 228 Å². The number of ether oxygens (including phenoxy) is 4. The van der Waals surface area contributed by atoms with Crippen molar-refractivity contribution in [1.29, 1.82) is 0 Å². The normalized spacial score (nSPS) is 29.8. The Morgan fingerprint density at radius 3 is 1.57 bits per heavy atom. The Morgan fingerprint density at radius 2 is 1.08 bits per heavy atom. The van der Waals surface area contributed by atoms with Gasteiger partial charge in [0.25, 0.3) is 7.82 Å². The van der Waals surface area contributed by atoms with Crippen LogP contribution in [0.25, 0.3) is 0 Å². The highest BCUT2D eigenvalue weighted by molar-refractivity contribution is 7.45. The van der Waals surface area contributed by atoms with Crippen LogP contribution in [0, 0.1) is 0 Å². The van der Waals surface area contributed by atoms with Crippen molar-refractivity contribution >= 4 is 19.8 Å². The molecule has 0 bridgehead atoms. The molecule has 13 atom stereocenters. The first-order valence-corrected chi connectivity index (χ1v) is 23.9. The third-order valence-corrected chi connectivity index (χ3v) is 12.1. The van der Waals surface area contributed by atoms with Crippen LogP contribution >= 0.6 is 7.82 Å². The van der Waals surface area contributed by atoms with Crippen molar-refractivity contribution in [3.8, 4) is 0 Å². The highest BCUT2D eigenvalue weighted by atomic mass is 31.2. The molecule has 1 saturated heterocycles. The third kappa shape index (κ3) is 20.4. The maximum Gasteiger partial charge on any atom is 0.306 e. The van der Waals surface area contributed by atoms with Crippen LogP contribution in [0.3, 0.4) is 0 Å². The second-order valence-electron chi connectivity index (χ2n) is 16.3. The minimum Gasteiger partial charge on any atom is -0.756 e. The minimum absolute atomic E-state index is 0.0325. The Kier molecular flexibility index (Phi) is 28.0. The zero-order chi connectivity index (χ0) is 44.5. The average molecular weight is 887 g/mol. The van der Waals surface area contributed by atoms with E-state index in [2.05, 4.69) is 13.8 Å². The average Bonchev–Trinajstić information content (AvgIpc) is 3.22. The summed E-state index contributed by atoms with van der Waals surface area (Å²) >= 11 is 0. The molecule has 2 fully saturated rings. The molecule has 2 aliphatic rings. The number of phosphoric ester groups is 1. The number of phosphoric acid groups is 1. The number of aliphatic hydroxyl groups excluding tert-OH is 7. The van der Waals surface area contributed by atoms with Gasteiger partial charge < -0.3 is 74.4 Å². The molecule has 0 aromatic heterocycles. The summed E-state index contributed by atoms with van der Waals surface area (Å²) in [6, 6.07) is -1.53. The number of carbonyl (C=O) groups excluding carboxylic acids is 2. The summed E-state index contributed by atoms with van der Waals surface area (Å²) in [5.74, 6) is -1.23. The van der Waals surface area contributed by atoms with Crippen molar-refractivity contribution in [2.75, 3.05) is 19.8 Å². The fraction of sp³-hybridized carbons (Fsp3) is 0.951. The molecule has 2 rings (SSSR count). The van der Waals surface area contributed by atoms with Gasteiger partial charge in [-0.25, -0.2) is 0 Å². The van der Waals surface area contributed by atoms with Gasteiger partial charge in [-0.05, 0) is 12.8 Å². The van der Waals surface area contributed by atoms with E-state index in [0.717, 1.165) is 51.4 Å². The number of esters is 2. The molecule has 60 heavy (non-hydrogen) atoms. The SMILES string of the molecule is CCCCCCCCCCCCC(=O)OC[C@H](COP(=O)([O-])O[C@@H]1[C@H](O)[C@H](O)[C@@H](O)[C@H](O)[C@H]1O[C@H]1O[C@H](CO)[C@@H](O)[C@H](O)[C@H]1N)OC(=O)CCCCCCCCCCCC. The smallest absolute Gasteiger partial charge is 0.306 e. The van der Waals surface area contributed by atoms with Crippen molar-refractivity contribution in [2.24, 2.45) is 5.73 Å². The number of nitrogens with two attached hydrogens (primary N) is 1. The number of aliphatic hydroxyl groups is 7. The first kappa shape index (κ1) is 54.8. The highest BCUT2D eigenvalue weighted by Crippen LogP contribution is 2.44. The molecule has 0 aromatic carbocycles. The van der Waals surface area contributed by atoms with E-state index in [-0.39, 0.29) is 12.8 Å². The molecular formula is C41H77NO17P-. The van der Waals surface area contributed by atoms with Crippen LogP contribution in [-0.4, -0.2) is 141 Å². The topological polar surface area (TPSA) is 297 Å². The maximum absolute atomic E-state index is 13.2. The summed E-state index contributed by atoms with van der Waals surface area (Å²) in [5, 5.41) is 72.4. The molecule has 1 aliphatic carbocycles. The first-order valence-electron chi connectivity index (χ1n) is 22.4. The maximum atomic E-state index is 13.2. The lowest BCUT2D eigenvalue weighted by atomic mass is 9.84. The number of hydrogen-bond donors (Lipinski definition) is 8. The molecule has 1 unspecified atom stereocenters. The standard InChI is InChI=1S/C41H78NO17P/c1-3-5-7-9-11-13-15-17-19-21-23-30(44)54-26-28(56-31(45)24-22-20-18-16-14-12-10-8-6-4-2)27-55-60(52,53)59-40-38(51)36(49)35(48)37(50)39(40)58-41-32(42)34(47)33(46)29(25-43)57-41/h28-29,32-41,43,46-51H,3-27,42H2,1-2H3,(H,52,53)/p-1/t28-,29-,32-,33-,34-,35-,36-,37+,38-,39-,40-,41-/m1/s1. The van der Waals surface area contributed by atoms with E-state index in [9.17, 15) is 54.8 Å². The summed E-state index contributed by atoms with van der Waals surface area (Å²) in [6.45, 7) is 2.15. The van der Waals surface area contributed by atoms with Crippen molar-refractivity contribution in [3.63, 3.8) is 0 Å². The summed E-state index contributed by atoms with van der Waals surface area (Å²) in [5.41, 5.74) is 5.92. The zero-order valence-electron chi connectivity index (χ0n) is 35.8. The van der Waals surface area contributed by atoms with Crippen molar-refractivity contribution < 1.29 is 82.8 Å². The Labute approximate surface area is 356 Å². The van der Waals surface area contributed by atoms with E-state index in [0.29, 0.717) is 12.8 Å². The van der Waals surface area contributed by atoms with Gasteiger partial charge in [-0.2, -0.15) is 0 Å². The van der Waals surface area contributed by atoms with E-state index in [1.165, 1.54) is 64.2 Å². The lowest BCUT2D eigenvalue weighted by Gasteiger charge is -2.48. The second-order valence-corrected chi connectivity index (χ2v) is 17.7. The van der Waals surface area contributed by atoms with Crippen molar-refractivity contribution in [3.05, 3.63) is 0 Å². The van der Waals surface area contributed by atoms with Gasteiger partial charge >= 0.3 is 11.9 Å².